The van der Waals surface area contributed by atoms with Gasteiger partial charge in [-0.15, -0.1) is 11.8 Å². The van der Waals surface area contributed by atoms with Gasteiger partial charge in [-0.1, -0.05) is 29.8 Å². The van der Waals surface area contributed by atoms with Crippen molar-refractivity contribution in [3.8, 4) is 0 Å². The van der Waals surface area contributed by atoms with E-state index in [1.807, 2.05) is 32.0 Å². The second-order valence-corrected chi connectivity index (χ2v) is 6.22. The van der Waals surface area contributed by atoms with Crippen LogP contribution >= 0.6 is 23.4 Å². The van der Waals surface area contributed by atoms with Crippen molar-refractivity contribution >= 4 is 40.6 Å². The predicted molar refractivity (Wildman–Crippen MR) is 91.1 cm³/mol. The van der Waals surface area contributed by atoms with Gasteiger partial charge >= 0.3 is 0 Å². The Labute approximate surface area is 133 Å². The topological polar surface area (TPSA) is 55.1 Å². The van der Waals surface area contributed by atoms with Crippen LogP contribution in [0.2, 0.25) is 5.02 Å². The van der Waals surface area contributed by atoms with Crippen LogP contribution in [-0.4, -0.2) is 11.7 Å². The monoisotopic (exact) mass is 320 g/mol. The van der Waals surface area contributed by atoms with Crippen molar-refractivity contribution in [2.45, 2.75) is 18.7 Å². The van der Waals surface area contributed by atoms with Gasteiger partial charge < -0.3 is 11.1 Å². The third kappa shape index (κ3) is 4.16. The highest BCUT2D eigenvalue weighted by atomic mass is 35.5. The average Bonchev–Trinajstić information content (AvgIpc) is 2.44. The predicted octanol–water partition coefficient (Wildman–Crippen LogP) is 4.27. The highest BCUT2D eigenvalue weighted by Crippen LogP contribution is 2.29. The van der Waals surface area contributed by atoms with E-state index in [4.69, 9.17) is 17.3 Å². The summed E-state index contributed by atoms with van der Waals surface area (Å²) in [4.78, 5) is 12.9. The molecule has 2 aromatic carbocycles. The number of nitrogen functional groups attached to an aromatic ring is 1. The Morgan fingerprint density at radius 2 is 1.90 bits per heavy atom. The third-order valence-electron chi connectivity index (χ3n) is 3.06. The number of hydrogen-bond acceptors (Lipinski definition) is 3. The summed E-state index contributed by atoms with van der Waals surface area (Å²) in [5.41, 5.74) is 9.34. The van der Waals surface area contributed by atoms with E-state index in [0.29, 0.717) is 10.7 Å². The molecule has 0 aliphatic heterocycles. The van der Waals surface area contributed by atoms with Crippen LogP contribution in [0, 0.1) is 13.8 Å². The van der Waals surface area contributed by atoms with Crippen molar-refractivity contribution in [1.29, 1.82) is 0 Å². The van der Waals surface area contributed by atoms with E-state index in [-0.39, 0.29) is 11.7 Å². The van der Waals surface area contributed by atoms with Crippen molar-refractivity contribution < 1.29 is 4.79 Å². The third-order valence-corrected chi connectivity index (χ3v) is 4.56. The maximum Gasteiger partial charge on any atom is 0.234 e. The molecule has 3 N–H and O–H groups in total. The van der Waals surface area contributed by atoms with Crippen LogP contribution in [0.15, 0.2) is 41.3 Å². The Balaban J connectivity index is 2.01. The summed E-state index contributed by atoms with van der Waals surface area (Å²) in [6.07, 6.45) is 0. The fraction of sp³-hybridized carbons (Fsp3) is 0.188. The lowest BCUT2D eigenvalue weighted by atomic mass is 10.1. The van der Waals surface area contributed by atoms with Gasteiger partial charge in [-0.3, -0.25) is 4.79 Å². The SMILES string of the molecule is Cc1cccc(C)c1NC(=O)CSc1cc(N)ccc1Cl. The van der Waals surface area contributed by atoms with Gasteiger partial charge in [0.15, 0.2) is 0 Å². The zero-order valence-electron chi connectivity index (χ0n) is 11.9. The Bertz CT molecular complexity index is 653. The van der Waals surface area contributed by atoms with Crippen molar-refractivity contribution in [3.63, 3.8) is 0 Å². The van der Waals surface area contributed by atoms with E-state index < -0.39 is 0 Å². The van der Waals surface area contributed by atoms with Crippen molar-refractivity contribution in [2.24, 2.45) is 0 Å². The average molecular weight is 321 g/mol. The van der Waals surface area contributed by atoms with Gasteiger partial charge in [-0.05, 0) is 43.2 Å². The molecule has 21 heavy (non-hydrogen) atoms. The number of rotatable bonds is 4. The summed E-state index contributed by atoms with van der Waals surface area (Å²) in [5.74, 6) is 0.229. The molecule has 0 aromatic heterocycles. The summed E-state index contributed by atoms with van der Waals surface area (Å²) in [6.45, 7) is 3.95. The highest BCUT2D eigenvalue weighted by Gasteiger charge is 2.09. The van der Waals surface area contributed by atoms with Gasteiger partial charge in [0, 0.05) is 16.3 Å². The van der Waals surface area contributed by atoms with Gasteiger partial charge in [0.25, 0.3) is 0 Å². The quantitative estimate of drug-likeness (QED) is 0.653. The summed E-state index contributed by atoms with van der Waals surface area (Å²) in [6, 6.07) is 11.2. The number of thioether (sulfide) groups is 1. The molecule has 0 radical (unpaired) electrons. The fourth-order valence-electron chi connectivity index (χ4n) is 1.96. The first-order valence-corrected chi connectivity index (χ1v) is 7.87. The minimum absolute atomic E-state index is 0.0594. The van der Waals surface area contributed by atoms with Crippen LogP contribution in [0.5, 0.6) is 0 Å². The van der Waals surface area contributed by atoms with Gasteiger partial charge in [0.1, 0.15) is 0 Å². The number of para-hydroxylation sites is 1. The number of carbonyl (C=O) groups is 1. The zero-order chi connectivity index (χ0) is 15.4. The number of aryl methyl sites for hydroxylation is 2. The zero-order valence-corrected chi connectivity index (χ0v) is 13.5. The Morgan fingerprint density at radius 3 is 2.57 bits per heavy atom. The maximum absolute atomic E-state index is 12.1. The highest BCUT2D eigenvalue weighted by molar-refractivity contribution is 8.00. The standard InChI is InChI=1S/C16H17ClN2OS/c1-10-4-3-5-11(2)16(10)19-15(20)9-21-14-8-12(18)6-7-13(14)17/h3-8H,9,18H2,1-2H3,(H,19,20). The molecule has 0 aliphatic carbocycles. The van der Waals surface area contributed by atoms with Gasteiger partial charge in [0.2, 0.25) is 5.91 Å². The normalized spacial score (nSPS) is 10.4. The molecular formula is C16H17ClN2OS. The van der Waals surface area contributed by atoms with Crippen molar-refractivity contribution in [1.82, 2.24) is 0 Å². The molecule has 0 saturated heterocycles. The number of amides is 1. The number of nitrogens with two attached hydrogens (primary N) is 1. The lowest BCUT2D eigenvalue weighted by Crippen LogP contribution is -2.15. The molecular weight excluding hydrogens is 304 g/mol. The van der Waals surface area contributed by atoms with E-state index in [1.165, 1.54) is 11.8 Å². The molecule has 110 valence electrons. The molecule has 0 bridgehead atoms. The van der Waals surface area contributed by atoms with Crippen molar-refractivity contribution in [3.05, 3.63) is 52.5 Å². The van der Waals surface area contributed by atoms with Crippen LogP contribution in [0.25, 0.3) is 0 Å². The first kappa shape index (κ1) is 15.7. The lowest BCUT2D eigenvalue weighted by molar-refractivity contribution is -0.113. The lowest BCUT2D eigenvalue weighted by Gasteiger charge is -2.11. The van der Waals surface area contributed by atoms with Gasteiger partial charge in [-0.25, -0.2) is 0 Å². The van der Waals surface area contributed by atoms with E-state index in [9.17, 15) is 4.79 Å². The van der Waals surface area contributed by atoms with Gasteiger partial charge in [-0.2, -0.15) is 0 Å². The molecule has 1 amide bonds. The van der Waals surface area contributed by atoms with E-state index in [2.05, 4.69) is 5.32 Å². The van der Waals surface area contributed by atoms with Crippen LogP contribution in [-0.2, 0) is 4.79 Å². The number of halogens is 1. The molecule has 2 aromatic rings. The molecule has 0 unspecified atom stereocenters. The van der Waals surface area contributed by atoms with Crippen molar-refractivity contribution in [2.75, 3.05) is 16.8 Å². The molecule has 3 nitrogen and oxygen atoms in total. The van der Waals surface area contributed by atoms with Crippen LogP contribution < -0.4 is 11.1 Å². The Hall–Kier alpha value is -1.65. The molecule has 0 saturated carbocycles. The second kappa shape index (κ2) is 6.87. The van der Waals surface area contributed by atoms with E-state index >= 15 is 0 Å². The van der Waals surface area contributed by atoms with Crippen LogP contribution in [0.3, 0.4) is 0 Å². The summed E-state index contributed by atoms with van der Waals surface area (Å²) in [5, 5.41) is 3.55. The first-order valence-electron chi connectivity index (χ1n) is 6.51. The van der Waals surface area contributed by atoms with Gasteiger partial charge in [0.05, 0.1) is 10.8 Å². The summed E-state index contributed by atoms with van der Waals surface area (Å²) in [7, 11) is 0. The molecule has 0 aliphatic rings. The Morgan fingerprint density at radius 1 is 1.24 bits per heavy atom. The Kier molecular flexibility index (Phi) is 5.15. The molecule has 2 rings (SSSR count). The molecule has 0 atom stereocenters. The smallest absolute Gasteiger partial charge is 0.234 e. The largest absolute Gasteiger partial charge is 0.399 e. The number of anilines is 2. The van der Waals surface area contributed by atoms with Crippen LogP contribution in [0.1, 0.15) is 11.1 Å². The molecule has 0 spiro atoms. The molecule has 0 fully saturated rings. The minimum Gasteiger partial charge on any atom is -0.399 e. The number of nitrogens with one attached hydrogen (secondary N) is 1. The molecule has 0 heterocycles. The van der Waals surface area contributed by atoms with E-state index in [1.54, 1.807) is 18.2 Å². The maximum atomic E-state index is 12.1. The molecule has 5 heteroatoms. The number of hydrogen-bond donors (Lipinski definition) is 2. The second-order valence-electron chi connectivity index (χ2n) is 4.79. The number of carbonyl (C=O) groups excluding carboxylic acids is 1. The first-order chi connectivity index (χ1) is 9.97. The number of benzene rings is 2. The summed E-state index contributed by atoms with van der Waals surface area (Å²) >= 11 is 7.46. The van der Waals surface area contributed by atoms with E-state index in [0.717, 1.165) is 21.7 Å². The summed E-state index contributed by atoms with van der Waals surface area (Å²) < 4.78 is 0. The fourth-order valence-corrected chi connectivity index (χ4v) is 3.03. The van der Waals surface area contributed by atoms with Crippen LogP contribution in [0.4, 0.5) is 11.4 Å². The minimum atomic E-state index is -0.0594.